The van der Waals surface area contributed by atoms with E-state index in [1.165, 1.54) is 20.8 Å². The molecule has 0 saturated carbocycles. The molecule has 1 aliphatic heterocycles. The van der Waals surface area contributed by atoms with Gasteiger partial charge in [0.25, 0.3) is 0 Å². The van der Waals surface area contributed by atoms with E-state index in [2.05, 4.69) is 10.6 Å². The largest absolute Gasteiger partial charge is 0.479 e. The molecular weight excluding hydrogens is 336 g/mol. The van der Waals surface area contributed by atoms with Crippen LogP contribution in [0.4, 0.5) is 0 Å². The molecule has 26 heavy (non-hydrogen) atoms. The fourth-order valence-electron chi connectivity index (χ4n) is 3.23. The summed E-state index contributed by atoms with van der Waals surface area (Å²) in [6.45, 7) is 4.70. The van der Waals surface area contributed by atoms with E-state index in [9.17, 15) is 19.5 Å². The monoisotopic (exact) mass is 362 g/mol. The van der Waals surface area contributed by atoms with E-state index in [1.54, 1.807) is 0 Å². The van der Waals surface area contributed by atoms with Crippen molar-refractivity contribution in [2.75, 3.05) is 6.54 Å². The van der Waals surface area contributed by atoms with Crippen molar-refractivity contribution in [3.63, 3.8) is 0 Å². The molecule has 1 aromatic carbocycles. The van der Waals surface area contributed by atoms with E-state index in [0.29, 0.717) is 19.4 Å². The fraction of sp³-hybridized carbons (Fsp3) is 0.526. The maximum Gasteiger partial charge on any atom is 0.333 e. The van der Waals surface area contributed by atoms with E-state index in [-0.39, 0.29) is 0 Å². The average Bonchev–Trinajstić information content (AvgIpc) is 3.04. The summed E-state index contributed by atoms with van der Waals surface area (Å²) < 4.78 is 5.04. The third-order valence-electron chi connectivity index (χ3n) is 5.00. The Kier molecular flexibility index (Phi) is 6.02. The van der Waals surface area contributed by atoms with Crippen molar-refractivity contribution in [2.24, 2.45) is 0 Å². The van der Waals surface area contributed by atoms with Crippen LogP contribution in [0.5, 0.6) is 0 Å². The number of benzene rings is 1. The highest BCUT2D eigenvalue weighted by Crippen LogP contribution is 2.26. The van der Waals surface area contributed by atoms with Crippen LogP contribution in [0.3, 0.4) is 0 Å². The highest BCUT2D eigenvalue weighted by Gasteiger charge is 2.48. The van der Waals surface area contributed by atoms with Gasteiger partial charge < -0.3 is 20.5 Å². The zero-order chi connectivity index (χ0) is 19.4. The Hall–Kier alpha value is -2.41. The van der Waals surface area contributed by atoms with Crippen molar-refractivity contribution in [3.8, 4) is 0 Å². The predicted molar refractivity (Wildman–Crippen MR) is 95.5 cm³/mol. The Morgan fingerprint density at radius 2 is 2.00 bits per heavy atom. The average molecular weight is 362 g/mol. The summed E-state index contributed by atoms with van der Waals surface area (Å²) in [5, 5.41) is 15.5. The minimum absolute atomic E-state index is 0.400. The summed E-state index contributed by atoms with van der Waals surface area (Å²) in [6.07, 6.45) is 0.864. The smallest absolute Gasteiger partial charge is 0.333 e. The molecule has 1 aromatic rings. The Morgan fingerprint density at radius 3 is 2.50 bits per heavy atom. The first-order valence-electron chi connectivity index (χ1n) is 8.72. The van der Waals surface area contributed by atoms with Crippen LogP contribution in [0.2, 0.25) is 0 Å². The molecule has 0 aliphatic carbocycles. The maximum absolute atomic E-state index is 13.1. The summed E-state index contributed by atoms with van der Waals surface area (Å²) >= 11 is 0. The van der Waals surface area contributed by atoms with Gasteiger partial charge >= 0.3 is 11.9 Å². The molecule has 0 radical (unpaired) electrons. The van der Waals surface area contributed by atoms with Crippen molar-refractivity contribution in [3.05, 3.63) is 35.9 Å². The van der Waals surface area contributed by atoms with Gasteiger partial charge in [-0.1, -0.05) is 30.3 Å². The highest BCUT2D eigenvalue weighted by atomic mass is 16.5. The molecule has 3 N–H and O–H groups in total. The lowest BCUT2D eigenvalue weighted by atomic mass is 9.86. The lowest BCUT2D eigenvalue weighted by Gasteiger charge is -2.36. The van der Waals surface area contributed by atoms with Gasteiger partial charge in [0.2, 0.25) is 5.91 Å². The van der Waals surface area contributed by atoms with E-state index < -0.39 is 35.0 Å². The molecule has 142 valence electrons. The number of esters is 1. The quantitative estimate of drug-likeness (QED) is 0.631. The molecule has 3 atom stereocenters. The van der Waals surface area contributed by atoms with Crippen molar-refractivity contribution < 1.29 is 24.2 Å². The molecule has 1 unspecified atom stereocenters. The zero-order valence-corrected chi connectivity index (χ0v) is 15.4. The van der Waals surface area contributed by atoms with Gasteiger partial charge in [0.15, 0.2) is 5.54 Å². The van der Waals surface area contributed by atoms with E-state index >= 15 is 0 Å². The highest BCUT2D eigenvalue weighted by molar-refractivity contribution is 5.93. The standard InChI is InChI=1S/C19H26N2O5/c1-13(26-14(2)22)18(3,17(24)25)21-16(23)19(10-7-11-20-19)12-15-8-5-4-6-9-15/h4-6,8-9,13,20H,7,10-12H2,1-3H3,(H,21,23)(H,24,25)/t13-,18+,19?/m1/s1. The van der Waals surface area contributed by atoms with Gasteiger partial charge in [-0.05, 0) is 45.2 Å². The number of ether oxygens (including phenoxy) is 1. The molecule has 0 bridgehead atoms. The van der Waals surface area contributed by atoms with Gasteiger partial charge in [-0.25, -0.2) is 4.79 Å². The predicted octanol–water partition coefficient (Wildman–Crippen LogP) is 1.26. The molecule has 0 spiro atoms. The van der Waals surface area contributed by atoms with Gasteiger partial charge in [0, 0.05) is 6.92 Å². The number of carboxylic acid groups (broad SMARTS) is 1. The van der Waals surface area contributed by atoms with Crippen LogP contribution >= 0.6 is 0 Å². The summed E-state index contributed by atoms with van der Waals surface area (Å²) in [6, 6.07) is 9.58. The summed E-state index contributed by atoms with van der Waals surface area (Å²) in [7, 11) is 0. The zero-order valence-electron chi connectivity index (χ0n) is 15.4. The number of hydrogen-bond acceptors (Lipinski definition) is 5. The molecular formula is C19H26N2O5. The minimum atomic E-state index is -1.73. The number of carboxylic acids is 1. The van der Waals surface area contributed by atoms with Crippen LogP contribution in [0.1, 0.15) is 39.2 Å². The first kappa shape index (κ1) is 19.9. The van der Waals surface area contributed by atoms with Gasteiger partial charge in [-0.15, -0.1) is 0 Å². The van der Waals surface area contributed by atoms with Gasteiger partial charge in [-0.2, -0.15) is 0 Å². The Bertz CT molecular complexity index is 670. The lowest BCUT2D eigenvalue weighted by Crippen LogP contribution is -2.66. The number of carbonyl (C=O) groups is 3. The molecule has 1 saturated heterocycles. The van der Waals surface area contributed by atoms with Crippen LogP contribution in [-0.4, -0.2) is 46.7 Å². The van der Waals surface area contributed by atoms with Gasteiger partial charge in [0.05, 0.1) is 0 Å². The molecule has 1 fully saturated rings. The number of rotatable bonds is 7. The first-order chi connectivity index (χ1) is 12.2. The van der Waals surface area contributed by atoms with Crippen molar-refractivity contribution >= 4 is 17.8 Å². The topological polar surface area (TPSA) is 105 Å². The summed E-state index contributed by atoms with van der Waals surface area (Å²) in [5.41, 5.74) is -1.62. The molecule has 0 aromatic heterocycles. The molecule has 1 heterocycles. The first-order valence-corrected chi connectivity index (χ1v) is 8.72. The third kappa shape index (κ3) is 4.22. The second-order valence-electron chi connectivity index (χ2n) is 6.99. The number of carbonyl (C=O) groups excluding carboxylic acids is 2. The number of hydrogen-bond donors (Lipinski definition) is 3. The van der Waals surface area contributed by atoms with Crippen LogP contribution in [0, 0.1) is 0 Å². The van der Waals surface area contributed by atoms with Crippen molar-refractivity contribution in [2.45, 2.75) is 57.2 Å². The summed E-state index contributed by atoms with van der Waals surface area (Å²) in [5.74, 6) is -2.26. The second kappa shape index (κ2) is 7.86. The van der Waals surface area contributed by atoms with E-state index in [4.69, 9.17) is 4.74 Å². The van der Waals surface area contributed by atoms with Gasteiger partial charge in [0.1, 0.15) is 11.6 Å². The van der Waals surface area contributed by atoms with E-state index in [1.807, 2.05) is 30.3 Å². The van der Waals surface area contributed by atoms with Gasteiger partial charge in [-0.3, -0.25) is 9.59 Å². The van der Waals surface area contributed by atoms with E-state index in [0.717, 1.165) is 12.0 Å². The maximum atomic E-state index is 13.1. The Balaban J connectivity index is 2.24. The number of aliphatic carboxylic acids is 1. The third-order valence-corrected chi connectivity index (χ3v) is 5.00. The normalized spacial score (nSPS) is 22.9. The van der Waals surface area contributed by atoms with Crippen LogP contribution in [0.15, 0.2) is 30.3 Å². The SMILES string of the molecule is CC(=O)O[C@H](C)[C@](C)(NC(=O)C1(Cc2ccccc2)CCCN1)C(=O)O. The summed E-state index contributed by atoms with van der Waals surface area (Å²) in [4.78, 5) is 36.2. The van der Waals surface area contributed by atoms with Crippen LogP contribution in [-0.2, 0) is 25.5 Å². The number of nitrogens with one attached hydrogen (secondary N) is 2. The molecule has 1 amide bonds. The van der Waals surface area contributed by atoms with Crippen LogP contribution < -0.4 is 10.6 Å². The molecule has 2 rings (SSSR count). The van der Waals surface area contributed by atoms with Crippen molar-refractivity contribution in [1.29, 1.82) is 0 Å². The minimum Gasteiger partial charge on any atom is -0.479 e. The molecule has 7 nitrogen and oxygen atoms in total. The lowest BCUT2D eigenvalue weighted by molar-refractivity contribution is -0.162. The molecule has 1 aliphatic rings. The number of amides is 1. The van der Waals surface area contributed by atoms with Crippen LogP contribution in [0.25, 0.3) is 0 Å². The second-order valence-corrected chi connectivity index (χ2v) is 6.99. The Labute approximate surface area is 153 Å². The Morgan fingerprint density at radius 1 is 1.35 bits per heavy atom. The fourth-order valence-corrected chi connectivity index (χ4v) is 3.23. The van der Waals surface area contributed by atoms with Crippen molar-refractivity contribution in [1.82, 2.24) is 10.6 Å². The molecule has 7 heteroatoms.